The average molecular weight is 298 g/mol. The normalized spacial score (nSPS) is 12.2. The van der Waals surface area contributed by atoms with E-state index in [0.717, 1.165) is 23.4 Å². The van der Waals surface area contributed by atoms with Gasteiger partial charge in [-0.1, -0.05) is 23.7 Å². The quantitative estimate of drug-likeness (QED) is 0.863. The zero-order valence-electron chi connectivity index (χ0n) is 11.1. The van der Waals surface area contributed by atoms with Crippen molar-refractivity contribution in [3.05, 3.63) is 64.2 Å². The minimum atomic E-state index is -0.955. The first-order valence-electron chi connectivity index (χ1n) is 6.02. The van der Waals surface area contributed by atoms with Crippen molar-refractivity contribution in [1.82, 2.24) is 5.32 Å². The summed E-state index contributed by atoms with van der Waals surface area (Å²) in [4.78, 5) is 0. The molecule has 0 saturated carbocycles. The van der Waals surface area contributed by atoms with E-state index in [0.29, 0.717) is 5.56 Å². The summed E-state index contributed by atoms with van der Waals surface area (Å²) in [6.45, 7) is 0. The van der Waals surface area contributed by atoms with Gasteiger partial charge in [0, 0.05) is 5.02 Å². The predicted molar refractivity (Wildman–Crippen MR) is 75.3 cm³/mol. The first-order chi connectivity index (χ1) is 9.56. The second kappa shape index (κ2) is 6.20. The Balaban J connectivity index is 2.43. The molecular weight excluding hydrogens is 284 g/mol. The van der Waals surface area contributed by atoms with Gasteiger partial charge in [0.1, 0.15) is 5.75 Å². The number of rotatable bonds is 4. The van der Waals surface area contributed by atoms with Gasteiger partial charge in [-0.05, 0) is 42.4 Å². The minimum Gasteiger partial charge on any atom is -0.497 e. The zero-order valence-corrected chi connectivity index (χ0v) is 11.8. The zero-order chi connectivity index (χ0) is 14.7. The fourth-order valence-electron chi connectivity index (χ4n) is 2.06. The van der Waals surface area contributed by atoms with Gasteiger partial charge in [-0.2, -0.15) is 0 Å². The van der Waals surface area contributed by atoms with Crippen LogP contribution in [0.25, 0.3) is 0 Å². The molecule has 20 heavy (non-hydrogen) atoms. The molecule has 2 aromatic carbocycles. The molecule has 1 atom stereocenters. The van der Waals surface area contributed by atoms with Gasteiger partial charge in [0.25, 0.3) is 0 Å². The number of halogens is 3. The molecule has 2 rings (SSSR count). The van der Waals surface area contributed by atoms with E-state index in [2.05, 4.69) is 5.32 Å². The molecule has 0 aliphatic heterocycles. The van der Waals surface area contributed by atoms with Crippen LogP contribution in [0.4, 0.5) is 8.78 Å². The topological polar surface area (TPSA) is 21.3 Å². The molecule has 0 fully saturated rings. The number of hydrogen-bond donors (Lipinski definition) is 1. The monoisotopic (exact) mass is 297 g/mol. The Labute approximate surface area is 121 Å². The van der Waals surface area contributed by atoms with Gasteiger partial charge in [-0.15, -0.1) is 0 Å². The van der Waals surface area contributed by atoms with Crippen LogP contribution in [0.5, 0.6) is 5.75 Å². The minimum absolute atomic E-state index is 0.180. The first-order valence-corrected chi connectivity index (χ1v) is 6.40. The maximum absolute atomic E-state index is 13.4. The van der Waals surface area contributed by atoms with Crippen molar-refractivity contribution < 1.29 is 13.5 Å². The third kappa shape index (κ3) is 2.92. The van der Waals surface area contributed by atoms with Crippen LogP contribution in [0.15, 0.2) is 36.4 Å². The highest BCUT2D eigenvalue weighted by molar-refractivity contribution is 6.31. The summed E-state index contributed by atoms with van der Waals surface area (Å²) in [7, 11) is 3.31. The summed E-state index contributed by atoms with van der Waals surface area (Å²) >= 11 is 6.01. The number of ether oxygens (including phenoxy) is 1. The van der Waals surface area contributed by atoms with E-state index in [1.54, 1.807) is 26.3 Å². The third-order valence-corrected chi connectivity index (χ3v) is 3.42. The Kier molecular flexibility index (Phi) is 4.57. The molecule has 0 heterocycles. The molecule has 0 bridgehead atoms. The Morgan fingerprint density at radius 3 is 2.25 bits per heavy atom. The summed E-state index contributed by atoms with van der Waals surface area (Å²) in [6.07, 6.45) is 0. The molecule has 2 aromatic rings. The van der Waals surface area contributed by atoms with Gasteiger partial charge < -0.3 is 10.1 Å². The summed E-state index contributed by atoms with van der Waals surface area (Å²) in [5.41, 5.74) is 1.36. The Morgan fingerprint density at radius 2 is 1.70 bits per heavy atom. The van der Waals surface area contributed by atoms with Crippen molar-refractivity contribution in [2.75, 3.05) is 14.2 Å². The van der Waals surface area contributed by atoms with E-state index in [1.165, 1.54) is 0 Å². The Morgan fingerprint density at radius 1 is 1.10 bits per heavy atom. The largest absolute Gasteiger partial charge is 0.497 e. The molecule has 1 unspecified atom stereocenters. The van der Waals surface area contributed by atoms with E-state index in [1.807, 2.05) is 12.1 Å². The molecule has 0 aromatic heterocycles. The second-order valence-electron chi connectivity index (χ2n) is 4.28. The molecule has 0 saturated heterocycles. The van der Waals surface area contributed by atoms with Gasteiger partial charge in [-0.3, -0.25) is 0 Å². The fourth-order valence-corrected chi connectivity index (χ4v) is 2.32. The Bertz CT molecular complexity index is 602. The second-order valence-corrected chi connectivity index (χ2v) is 4.69. The lowest BCUT2D eigenvalue weighted by Gasteiger charge is -2.19. The molecule has 0 amide bonds. The SMILES string of the molecule is CNC(c1ccc(OC)cc1)c1cc(F)c(F)cc1Cl. The van der Waals surface area contributed by atoms with Crippen LogP contribution in [0.3, 0.4) is 0 Å². The molecular formula is C15H14ClF2NO. The number of methoxy groups -OCH3 is 1. The smallest absolute Gasteiger partial charge is 0.160 e. The standard InChI is InChI=1S/C15H14ClF2NO/c1-19-15(9-3-5-10(20-2)6-4-9)11-7-13(17)14(18)8-12(11)16/h3-8,15,19H,1-2H3. The van der Waals surface area contributed by atoms with Crippen molar-refractivity contribution in [3.63, 3.8) is 0 Å². The van der Waals surface area contributed by atoms with Crippen LogP contribution in [0.1, 0.15) is 17.2 Å². The Hall–Kier alpha value is -1.65. The lowest BCUT2D eigenvalue weighted by molar-refractivity contribution is 0.414. The molecule has 0 aliphatic rings. The molecule has 106 valence electrons. The lowest BCUT2D eigenvalue weighted by Crippen LogP contribution is -2.18. The summed E-state index contributed by atoms with van der Waals surface area (Å²) in [5.74, 6) is -1.15. The predicted octanol–water partition coefficient (Wildman–Crippen LogP) is 3.94. The van der Waals surface area contributed by atoms with Crippen molar-refractivity contribution in [2.45, 2.75) is 6.04 Å². The number of benzene rings is 2. The maximum Gasteiger partial charge on any atom is 0.160 e. The van der Waals surface area contributed by atoms with Crippen LogP contribution < -0.4 is 10.1 Å². The molecule has 0 spiro atoms. The van der Waals surface area contributed by atoms with E-state index < -0.39 is 11.6 Å². The van der Waals surface area contributed by atoms with Crippen LogP contribution in [0, 0.1) is 11.6 Å². The summed E-state index contributed by atoms with van der Waals surface area (Å²) < 4.78 is 31.6. The van der Waals surface area contributed by atoms with Gasteiger partial charge in [0.15, 0.2) is 11.6 Å². The van der Waals surface area contributed by atoms with E-state index in [4.69, 9.17) is 16.3 Å². The molecule has 1 N–H and O–H groups in total. The number of nitrogens with one attached hydrogen (secondary N) is 1. The van der Waals surface area contributed by atoms with Gasteiger partial charge in [0.05, 0.1) is 13.2 Å². The highest BCUT2D eigenvalue weighted by atomic mass is 35.5. The molecule has 0 radical (unpaired) electrons. The lowest BCUT2D eigenvalue weighted by atomic mass is 9.98. The van der Waals surface area contributed by atoms with Crippen molar-refractivity contribution >= 4 is 11.6 Å². The van der Waals surface area contributed by atoms with Crippen LogP contribution in [0.2, 0.25) is 5.02 Å². The van der Waals surface area contributed by atoms with Gasteiger partial charge >= 0.3 is 0 Å². The van der Waals surface area contributed by atoms with Crippen molar-refractivity contribution in [2.24, 2.45) is 0 Å². The first kappa shape index (κ1) is 14.8. The van der Waals surface area contributed by atoms with Crippen molar-refractivity contribution in [1.29, 1.82) is 0 Å². The summed E-state index contributed by atoms with van der Waals surface area (Å²) in [6, 6.07) is 9.06. The number of hydrogen-bond acceptors (Lipinski definition) is 2. The summed E-state index contributed by atoms with van der Waals surface area (Å²) in [5, 5.41) is 3.22. The molecule has 5 heteroatoms. The van der Waals surface area contributed by atoms with Crippen LogP contribution >= 0.6 is 11.6 Å². The van der Waals surface area contributed by atoms with Crippen LogP contribution in [-0.2, 0) is 0 Å². The molecule has 2 nitrogen and oxygen atoms in total. The average Bonchev–Trinajstić information content (AvgIpc) is 2.46. The van der Waals surface area contributed by atoms with Gasteiger partial charge in [-0.25, -0.2) is 8.78 Å². The van der Waals surface area contributed by atoms with Gasteiger partial charge in [0.2, 0.25) is 0 Å². The van der Waals surface area contributed by atoms with E-state index >= 15 is 0 Å². The van der Waals surface area contributed by atoms with Crippen molar-refractivity contribution in [3.8, 4) is 5.75 Å². The maximum atomic E-state index is 13.4. The molecule has 0 aliphatic carbocycles. The highest BCUT2D eigenvalue weighted by Gasteiger charge is 2.18. The highest BCUT2D eigenvalue weighted by Crippen LogP contribution is 2.30. The van der Waals surface area contributed by atoms with E-state index in [-0.39, 0.29) is 11.1 Å². The fraction of sp³-hybridized carbons (Fsp3) is 0.200. The third-order valence-electron chi connectivity index (χ3n) is 3.09. The van der Waals surface area contributed by atoms with E-state index in [9.17, 15) is 8.78 Å². The van der Waals surface area contributed by atoms with Crippen LogP contribution in [-0.4, -0.2) is 14.2 Å².